The first-order valence-electron chi connectivity index (χ1n) is 11.8. The van der Waals surface area contributed by atoms with Gasteiger partial charge in [0, 0.05) is 17.5 Å². The summed E-state index contributed by atoms with van der Waals surface area (Å²) >= 11 is 0. The fourth-order valence-corrected chi connectivity index (χ4v) is 4.75. The van der Waals surface area contributed by atoms with Crippen molar-refractivity contribution in [1.82, 2.24) is 4.90 Å². The number of amides is 1. The maximum Gasteiger partial charge on any atom is 0.410 e. The zero-order chi connectivity index (χ0) is 23.8. The Morgan fingerprint density at radius 3 is 2.09 bits per heavy atom. The van der Waals surface area contributed by atoms with Gasteiger partial charge >= 0.3 is 6.09 Å². The summed E-state index contributed by atoms with van der Waals surface area (Å²) in [7, 11) is 0. The third-order valence-electron chi connectivity index (χ3n) is 6.34. The molecule has 2 saturated heterocycles. The quantitative estimate of drug-likeness (QED) is 0.448. The Labute approximate surface area is 201 Å². The highest BCUT2D eigenvalue weighted by Gasteiger charge is 2.54. The van der Waals surface area contributed by atoms with Gasteiger partial charge in [-0.3, -0.25) is 4.90 Å². The number of nitrogens with zero attached hydrogens (tertiary/aromatic N) is 2. The lowest BCUT2D eigenvalue weighted by atomic mass is 9.92. The number of morpholine rings is 1. The van der Waals surface area contributed by atoms with Crippen LogP contribution in [0.1, 0.15) is 43.9 Å². The predicted molar refractivity (Wildman–Crippen MR) is 134 cm³/mol. The number of rotatable bonds is 4. The van der Waals surface area contributed by atoms with Gasteiger partial charge in [0.1, 0.15) is 11.2 Å². The summed E-state index contributed by atoms with van der Waals surface area (Å²) in [6.07, 6.45) is 0.521. The number of ether oxygens (including phenoxy) is 2. The second-order valence-corrected chi connectivity index (χ2v) is 10.0. The summed E-state index contributed by atoms with van der Waals surface area (Å²) in [4.78, 5) is 19.5. The number of benzene rings is 3. The molecule has 2 aliphatic rings. The molecule has 3 aromatic rings. The molecule has 2 heterocycles. The van der Waals surface area contributed by atoms with Crippen LogP contribution in [0.25, 0.3) is 0 Å². The molecule has 1 amide bonds. The van der Waals surface area contributed by atoms with Gasteiger partial charge in [-0.05, 0) is 38.5 Å². The number of likely N-dealkylation sites (tertiary alicyclic amines) is 1. The van der Waals surface area contributed by atoms with E-state index in [1.54, 1.807) is 0 Å². The van der Waals surface area contributed by atoms with Crippen LogP contribution in [0.5, 0.6) is 0 Å². The van der Waals surface area contributed by atoms with Crippen LogP contribution in [0, 0.1) is 0 Å². The topological polar surface area (TPSA) is 51.1 Å². The SMILES string of the molecule is CC(C)(C)OC(=O)N1CC2(c3ccc(N=C(c4ccccc4)c4ccccc4)cc3)C[C@H]1CO2. The van der Waals surface area contributed by atoms with Crippen molar-refractivity contribution in [2.45, 2.75) is 44.4 Å². The molecule has 3 aromatic carbocycles. The van der Waals surface area contributed by atoms with Gasteiger partial charge in [-0.15, -0.1) is 0 Å². The van der Waals surface area contributed by atoms with Crippen LogP contribution < -0.4 is 0 Å². The summed E-state index contributed by atoms with van der Waals surface area (Å²) in [5.74, 6) is 0. The van der Waals surface area contributed by atoms with E-state index in [0.717, 1.165) is 34.5 Å². The lowest BCUT2D eigenvalue weighted by Crippen LogP contribution is -2.46. The summed E-state index contributed by atoms with van der Waals surface area (Å²) in [6, 6.07) is 28.7. The molecular formula is C29H30N2O3. The van der Waals surface area contributed by atoms with Crippen LogP contribution in [0.15, 0.2) is 89.9 Å². The Balaban J connectivity index is 1.40. The van der Waals surface area contributed by atoms with Crippen LogP contribution in [-0.2, 0) is 15.1 Å². The fourth-order valence-electron chi connectivity index (χ4n) is 4.75. The molecule has 5 heteroatoms. The first-order valence-corrected chi connectivity index (χ1v) is 11.8. The van der Waals surface area contributed by atoms with E-state index in [9.17, 15) is 4.79 Å². The molecule has 2 atom stereocenters. The van der Waals surface area contributed by atoms with E-state index in [1.807, 2.05) is 74.2 Å². The maximum atomic E-state index is 12.7. The zero-order valence-electron chi connectivity index (χ0n) is 19.9. The van der Waals surface area contributed by atoms with Gasteiger partial charge in [0.05, 0.1) is 30.6 Å². The van der Waals surface area contributed by atoms with Crippen molar-refractivity contribution in [1.29, 1.82) is 0 Å². The van der Waals surface area contributed by atoms with Gasteiger partial charge in [0.2, 0.25) is 0 Å². The molecule has 34 heavy (non-hydrogen) atoms. The second-order valence-electron chi connectivity index (χ2n) is 10.0. The number of hydrogen-bond acceptors (Lipinski definition) is 4. The Bertz CT molecular complexity index is 1140. The molecule has 174 valence electrons. The molecule has 0 radical (unpaired) electrons. The van der Waals surface area contributed by atoms with Crippen molar-refractivity contribution >= 4 is 17.5 Å². The number of carbonyl (C=O) groups is 1. The van der Waals surface area contributed by atoms with Crippen molar-refractivity contribution in [3.05, 3.63) is 102 Å². The predicted octanol–water partition coefficient (Wildman–Crippen LogP) is 6.09. The summed E-state index contributed by atoms with van der Waals surface area (Å²) < 4.78 is 11.8. The lowest BCUT2D eigenvalue weighted by molar-refractivity contribution is -0.0558. The molecule has 0 N–H and O–H groups in total. The third kappa shape index (κ3) is 4.48. The zero-order valence-corrected chi connectivity index (χ0v) is 19.9. The smallest absolute Gasteiger partial charge is 0.410 e. The largest absolute Gasteiger partial charge is 0.444 e. The van der Waals surface area contributed by atoms with Gasteiger partial charge in [0.25, 0.3) is 0 Å². The fraction of sp³-hybridized carbons (Fsp3) is 0.310. The van der Waals surface area contributed by atoms with Crippen molar-refractivity contribution < 1.29 is 14.3 Å². The summed E-state index contributed by atoms with van der Waals surface area (Å²) in [6.45, 7) is 6.72. The molecule has 0 aromatic heterocycles. The van der Waals surface area contributed by atoms with Crippen molar-refractivity contribution in [3.8, 4) is 0 Å². The molecule has 1 unspecified atom stereocenters. The Hall–Kier alpha value is -3.44. The van der Waals surface area contributed by atoms with Gasteiger partial charge in [0.15, 0.2) is 0 Å². The van der Waals surface area contributed by atoms with E-state index in [1.165, 1.54) is 0 Å². The van der Waals surface area contributed by atoms with E-state index in [2.05, 4.69) is 36.4 Å². The molecule has 5 nitrogen and oxygen atoms in total. The molecule has 5 rings (SSSR count). The van der Waals surface area contributed by atoms with Gasteiger partial charge in [-0.25, -0.2) is 9.79 Å². The standard InChI is InChI=1S/C29H30N2O3/c1-28(2,3)34-27(32)31-20-29(18-25(31)19-33-29)23-14-16-24(17-15-23)30-26(21-10-6-4-7-11-21)22-12-8-5-9-13-22/h4-17,25H,18-20H2,1-3H3/t25-,29?/m0/s1. The molecule has 2 aliphatic heterocycles. The third-order valence-corrected chi connectivity index (χ3v) is 6.34. The summed E-state index contributed by atoms with van der Waals surface area (Å²) in [5.41, 5.74) is 4.03. The number of hydrogen-bond donors (Lipinski definition) is 0. The molecule has 2 bridgehead atoms. The normalized spacial score (nSPS) is 21.4. The van der Waals surface area contributed by atoms with E-state index in [0.29, 0.717) is 13.2 Å². The average molecular weight is 455 g/mol. The monoisotopic (exact) mass is 454 g/mol. The highest BCUT2D eigenvalue weighted by molar-refractivity contribution is 6.13. The molecule has 0 saturated carbocycles. The van der Waals surface area contributed by atoms with Gasteiger partial charge in [-0.1, -0.05) is 72.8 Å². The summed E-state index contributed by atoms with van der Waals surface area (Å²) in [5, 5.41) is 0. The van der Waals surface area contributed by atoms with Crippen LogP contribution in [0.3, 0.4) is 0 Å². The van der Waals surface area contributed by atoms with E-state index in [4.69, 9.17) is 14.5 Å². The van der Waals surface area contributed by atoms with E-state index >= 15 is 0 Å². The first-order chi connectivity index (χ1) is 16.3. The number of carbonyl (C=O) groups excluding carboxylic acids is 1. The van der Waals surface area contributed by atoms with E-state index in [-0.39, 0.29) is 12.1 Å². The molecule has 2 fully saturated rings. The average Bonchev–Trinajstić information content (AvgIpc) is 3.43. The molecule has 0 spiro atoms. The van der Waals surface area contributed by atoms with Crippen molar-refractivity contribution in [2.75, 3.05) is 13.2 Å². The number of aliphatic imine (C=N–C) groups is 1. The number of fused-ring (bicyclic) bond motifs is 2. The van der Waals surface area contributed by atoms with Crippen molar-refractivity contribution in [3.63, 3.8) is 0 Å². The Kier molecular flexibility index (Phi) is 5.74. The maximum absolute atomic E-state index is 12.7. The van der Waals surface area contributed by atoms with Crippen LogP contribution in [0.2, 0.25) is 0 Å². The Morgan fingerprint density at radius 1 is 0.941 bits per heavy atom. The Morgan fingerprint density at radius 2 is 1.53 bits per heavy atom. The molecular weight excluding hydrogens is 424 g/mol. The lowest BCUT2D eigenvalue weighted by Gasteiger charge is -2.34. The second kappa shape index (κ2) is 8.73. The van der Waals surface area contributed by atoms with Crippen LogP contribution >= 0.6 is 0 Å². The van der Waals surface area contributed by atoms with Crippen LogP contribution in [-0.4, -0.2) is 41.5 Å². The van der Waals surface area contributed by atoms with Crippen molar-refractivity contribution in [2.24, 2.45) is 4.99 Å². The highest BCUT2D eigenvalue weighted by Crippen LogP contribution is 2.45. The first kappa shape index (κ1) is 22.4. The highest BCUT2D eigenvalue weighted by atomic mass is 16.6. The minimum absolute atomic E-state index is 0.0512. The van der Waals surface area contributed by atoms with Gasteiger partial charge < -0.3 is 9.47 Å². The van der Waals surface area contributed by atoms with Gasteiger partial charge in [-0.2, -0.15) is 0 Å². The minimum atomic E-state index is -0.512. The molecule has 0 aliphatic carbocycles. The van der Waals surface area contributed by atoms with Crippen LogP contribution in [0.4, 0.5) is 10.5 Å². The van der Waals surface area contributed by atoms with E-state index < -0.39 is 11.2 Å². The minimum Gasteiger partial charge on any atom is -0.444 e.